The second-order valence-electron chi connectivity index (χ2n) is 5.36. The second-order valence-corrected chi connectivity index (χ2v) is 5.36. The molecule has 0 fully saturated rings. The summed E-state index contributed by atoms with van der Waals surface area (Å²) < 4.78 is 0. The number of nitrogens with one attached hydrogen (secondary N) is 2. The van der Waals surface area contributed by atoms with Gasteiger partial charge in [-0.15, -0.1) is 0 Å². The molecule has 3 aromatic rings. The van der Waals surface area contributed by atoms with Gasteiger partial charge in [0.2, 0.25) is 0 Å². The van der Waals surface area contributed by atoms with E-state index in [1.54, 1.807) is 0 Å². The number of amidine groups is 2. The quantitative estimate of drug-likeness (QED) is 0.328. The summed E-state index contributed by atoms with van der Waals surface area (Å²) in [7, 11) is 0. The van der Waals surface area contributed by atoms with Crippen molar-refractivity contribution in [1.29, 1.82) is 10.7 Å². The van der Waals surface area contributed by atoms with Gasteiger partial charge in [-0.25, -0.2) is 4.99 Å². The molecule has 3 aromatic carbocycles. The minimum atomic E-state index is 0.102. The van der Waals surface area contributed by atoms with Crippen molar-refractivity contribution in [3.05, 3.63) is 96.1 Å². The Bertz CT molecular complexity index is 921. The van der Waals surface area contributed by atoms with Crippen LogP contribution in [-0.2, 0) is 0 Å². The van der Waals surface area contributed by atoms with Crippen LogP contribution in [-0.4, -0.2) is 11.7 Å². The van der Waals surface area contributed by atoms with E-state index in [4.69, 9.17) is 10.7 Å². The van der Waals surface area contributed by atoms with Crippen LogP contribution >= 0.6 is 0 Å². The maximum atomic E-state index is 9.00. The molecule has 4 nitrogen and oxygen atoms in total. The van der Waals surface area contributed by atoms with Gasteiger partial charge in [0, 0.05) is 11.1 Å². The van der Waals surface area contributed by atoms with E-state index >= 15 is 0 Å². The zero-order valence-electron chi connectivity index (χ0n) is 13.5. The third kappa shape index (κ3) is 3.98. The van der Waals surface area contributed by atoms with E-state index in [1.807, 2.05) is 91.1 Å². The number of benzene rings is 3. The predicted molar refractivity (Wildman–Crippen MR) is 100 cm³/mol. The highest BCUT2D eigenvalue weighted by molar-refractivity contribution is 6.10. The fraction of sp³-hybridized carbons (Fsp3) is 0. The molecule has 0 heterocycles. The molecule has 0 aliphatic rings. The first kappa shape index (κ1) is 16.2. The zero-order chi connectivity index (χ0) is 17.5. The van der Waals surface area contributed by atoms with E-state index in [0.717, 1.165) is 16.7 Å². The molecule has 0 radical (unpaired) electrons. The van der Waals surface area contributed by atoms with Crippen LogP contribution in [0.5, 0.6) is 0 Å². The topological polar surface area (TPSA) is 72.0 Å². The summed E-state index contributed by atoms with van der Waals surface area (Å²) in [4.78, 5) is 4.28. The Morgan fingerprint density at radius 1 is 0.760 bits per heavy atom. The summed E-state index contributed by atoms with van der Waals surface area (Å²) in [5, 5.41) is 19.7. The molecule has 4 heteroatoms. The SMILES string of the molecule is N#CN/C(=N\C(=N)c1ccccc1)c1ccc(-c2ccccc2)cc1. The fourth-order valence-electron chi connectivity index (χ4n) is 2.44. The van der Waals surface area contributed by atoms with Gasteiger partial charge in [-0.1, -0.05) is 84.9 Å². The molecule has 2 N–H and O–H groups in total. The summed E-state index contributed by atoms with van der Waals surface area (Å²) in [6.45, 7) is 0. The molecule has 0 aliphatic heterocycles. The highest BCUT2D eigenvalue weighted by Gasteiger charge is 2.07. The largest absolute Gasteiger partial charge is 0.282 e. The molecule has 25 heavy (non-hydrogen) atoms. The Labute approximate surface area is 146 Å². The number of nitrogens with zero attached hydrogens (tertiary/aromatic N) is 2. The van der Waals surface area contributed by atoms with E-state index in [9.17, 15) is 0 Å². The van der Waals surface area contributed by atoms with Crippen molar-refractivity contribution < 1.29 is 0 Å². The average Bonchev–Trinajstić information content (AvgIpc) is 2.69. The zero-order valence-corrected chi connectivity index (χ0v) is 13.5. The first-order valence-corrected chi connectivity index (χ1v) is 7.81. The third-order valence-corrected chi connectivity index (χ3v) is 3.71. The van der Waals surface area contributed by atoms with Crippen molar-refractivity contribution in [3.8, 4) is 17.3 Å². The smallest absolute Gasteiger partial charge is 0.182 e. The fourth-order valence-corrected chi connectivity index (χ4v) is 2.44. The van der Waals surface area contributed by atoms with E-state index in [-0.39, 0.29) is 5.84 Å². The lowest BCUT2D eigenvalue weighted by atomic mass is 10.0. The van der Waals surface area contributed by atoms with Crippen LogP contribution in [0, 0.1) is 16.9 Å². The Morgan fingerprint density at radius 3 is 1.92 bits per heavy atom. The van der Waals surface area contributed by atoms with Crippen LogP contribution in [0.15, 0.2) is 89.9 Å². The van der Waals surface area contributed by atoms with Crippen LogP contribution in [0.3, 0.4) is 0 Å². The Hall–Kier alpha value is -3.71. The van der Waals surface area contributed by atoms with Crippen LogP contribution in [0.25, 0.3) is 11.1 Å². The van der Waals surface area contributed by atoms with Crippen molar-refractivity contribution in [2.24, 2.45) is 4.99 Å². The lowest BCUT2D eigenvalue weighted by molar-refractivity contribution is 1.24. The molecule has 3 rings (SSSR count). The van der Waals surface area contributed by atoms with E-state index in [1.165, 1.54) is 0 Å². The molecule has 0 bridgehead atoms. The standard InChI is InChI=1S/C21H16N4/c22-15-24-21(25-20(23)18-9-5-2-6-10-18)19-13-11-17(12-14-19)16-7-3-1-4-8-16/h1-14H,(H2,23,24,25). The molecule has 0 saturated heterocycles. The number of hydrogen-bond acceptors (Lipinski definition) is 2. The van der Waals surface area contributed by atoms with Crippen molar-refractivity contribution in [2.75, 3.05) is 0 Å². The summed E-state index contributed by atoms with van der Waals surface area (Å²) >= 11 is 0. The van der Waals surface area contributed by atoms with Crippen molar-refractivity contribution in [1.82, 2.24) is 5.32 Å². The van der Waals surface area contributed by atoms with E-state index < -0.39 is 0 Å². The summed E-state index contributed by atoms with van der Waals surface area (Å²) in [6, 6.07) is 27.0. The van der Waals surface area contributed by atoms with Gasteiger partial charge in [0.25, 0.3) is 0 Å². The maximum absolute atomic E-state index is 9.00. The van der Waals surface area contributed by atoms with Gasteiger partial charge in [-0.05, 0) is 11.1 Å². The Kier molecular flexibility index (Phi) is 4.98. The summed E-state index contributed by atoms with van der Waals surface area (Å²) in [5.74, 6) is 0.460. The number of aliphatic imine (C=N–C) groups is 1. The second kappa shape index (κ2) is 7.71. The molecule has 0 saturated carbocycles. The molecule has 0 spiro atoms. The van der Waals surface area contributed by atoms with Crippen molar-refractivity contribution in [2.45, 2.75) is 0 Å². The number of hydrogen-bond donors (Lipinski definition) is 2. The van der Waals surface area contributed by atoms with Gasteiger partial charge in [-0.2, -0.15) is 5.26 Å². The highest BCUT2D eigenvalue weighted by atomic mass is 15.0. The van der Waals surface area contributed by atoms with Gasteiger partial charge in [0.05, 0.1) is 0 Å². The van der Waals surface area contributed by atoms with Crippen molar-refractivity contribution >= 4 is 11.7 Å². The van der Waals surface area contributed by atoms with Crippen LogP contribution in [0.2, 0.25) is 0 Å². The Balaban J connectivity index is 1.89. The van der Waals surface area contributed by atoms with Crippen molar-refractivity contribution in [3.63, 3.8) is 0 Å². The maximum Gasteiger partial charge on any atom is 0.182 e. The minimum Gasteiger partial charge on any atom is -0.282 e. The van der Waals surface area contributed by atoms with Crippen LogP contribution in [0.4, 0.5) is 0 Å². The molecular weight excluding hydrogens is 308 g/mol. The van der Waals surface area contributed by atoms with Gasteiger partial charge in [-0.3, -0.25) is 10.7 Å². The average molecular weight is 324 g/mol. The van der Waals surface area contributed by atoms with Crippen LogP contribution in [0.1, 0.15) is 11.1 Å². The summed E-state index contributed by atoms with van der Waals surface area (Å²) in [5.41, 5.74) is 3.65. The highest BCUT2D eigenvalue weighted by Crippen LogP contribution is 2.19. The molecule has 0 aromatic heterocycles. The van der Waals surface area contributed by atoms with E-state index in [2.05, 4.69) is 10.3 Å². The molecule has 0 amide bonds. The van der Waals surface area contributed by atoms with Crippen LogP contribution < -0.4 is 5.32 Å². The van der Waals surface area contributed by atoms with E-state index in [0.29, 0.717) is 11.4 Å². The predicted octanol–water partition coefficient (Wildman–Crippen LogP) is 4.20. The normalized spacial score (nSPS) is 10.8. The Morgan fingerprint density at radius 2 is 1.32 bits per heavy atom. The first-order chi connectivity index (χ1) is 12.3. The lowest BCUT2D eigenvalue weighted by Gasteiger charge is -2.07. The minimum absolute atomic E-state index is 0.102. The molecular formula is C21H16N4. The summed E-state index contributed by atoms with van der Waals surface area (Å²) in [6.07, 6.45) is 1.89. The van der Waals surface area contributed by atoms with Gasteiger partial charge < -0.3 is 0 Å². The van der Waals surface area contributed by atoms with Gasteiger partial charge >= 0.3 is 0 Å². The third-order valence-electron chi connectivity index (χ3n) is 3.71. The molecule has 0 unspecified atom stereocenters. The number of rotatable bonds is 3. The molecule has 120 valence electrons. The van der Waals surface area contributed by atoms with Gasteiger partial charge in [0.1, 0.15) is 5.84 Å². The van der Waals surface area contributed by atoms with Gasteiger partial charge in [0.15, 0.2) is 12.0 Å². The monoisotopic (exact) mass is 324 g/mol. The number of nitriles is 1. The lowest BCUT2D eigenvalue weighted by Crippen LogP contribution is -2.20. The molecule has 0 aliphatic carbocycles. The first-order valence-electron chi connectivity index (χ1n) is 7.81. The molecule has 0 atom stereocenters.